The molecule has 1 heterocycles. The van der Waals surface area contributed by atoms with Crippen LogP contribution in [0, 0.1) is 4.77 Å². The quantitative estimate of drug-likeness (QED) is 0.739. The standard InChI is InChI=1S/C11H12Cl2N2O3S/c12-7-1-9-10(2-8(7)13)15(11(19)14-9)5-18-6(3-16)4-17/h1-2,6,16-17H,3-5H2,(H,14,19). The molecule has 19 heavy (non-hydrogen) atoms. The maximum atomic E-state index is 8.95. The van der Waals surface area contributed by atoms with Gasteiger partial charge in [0.25, 0.3) is 0 Å². The van der Waals surface area contributed by atoms with Gasteiger partial charge in [0.15, 0.2) is 4.77 Å². The summed E-state index contributed by atoms with van der Waals surface area (Å²) in [6.45, 7) is -0.430. The normalized spacial score (nSPS) is 11.6. The van der Waals surface area contributed by atoms with Crippen LogP contribution >= 0.6 is 35.4 Å². The molecule has 0 saturated heterocycles. The van der Waals surface area contributed by atoms with Crippen molar-refractivity contribution in [3.63, 3.8) is 0 Å². The summed E-state index contributed by atoms with van der Waals surface area (Å²) in [5.41, 5.74) is 1.49. The molecule has 0 bridgehead atoms. The number of nitrogens with zero attached hydrogens (tertiary/aromatic N) is 1. The predicted molar refractivity (Wildman–Crippen MR) is 76.2 cm³/mol. The molecule has 0 atom stereocenters. The van der Waals surface area contributed by atoms with Crippen LogP contribution in [-0.4, -0.2) is 39.1 Å². The molecule has 0 aliphatic carbocycles. The van der Waals surface area contributed by atoms with E-state index >= 15 is 0 Å². The van der Waals surface area contributed by atoms with E-state index in [2.05, 4.69) is 4.98 Å². The molecular formula is C11H12Cl2N2O3S. The van der Waals surface area contributed by atoms with Crippen LogP contribution in [0.2, 0.25) is 10.0 Å². The van der Waals surface area contributed by atoms with E-state index in [9.17, 15) is 0 Å². The molecule has 0 radical (unpaired) electrons. The highest BCUT2D eigenvalue weighted by Gasteiger charge is 2.11. The van der Waals surface area contributed by atoms with Gasteiger partial charge in [0, 0.05) is 0 Å². The van der Waals surface area contributed by atoms with E-state index in [1.165, 1.54) is 0 Å². The summed E-state index contributed by atoms with van der Waals surface area (Å²) in [6, 6.07) is 3.36. The van der Waals surface area contributed by atoms with Gasteiger partial charge in [-0.3, -0.25) is 4.57 Å². The second-order valence-electron chi connectivity index (χ2n) is 3.92. The Labute approximate surface area is 124 Å². The van der Waals surface area contributed by atoms with Crippen molar-refractivity contribution in [2.75, 3.05) is 13.2 Å². The van der Waals surface area contributed by atoms with Crippen molar-refractivity contribution in [2.24, 2.45) is 0 Å². The zero-order valence-electron chi connectivity index (χ0n) is 9.77. The highest BCUT2D eigenvalue weighted by atomic mass is 35.5. The summed E-state index contributed by atoms with van der Waals surface area (Å²) < 4.78 is 7.46. The van der Waals surface area contributed by atoms with Crippen LogP contribution in [0.4, 0.5) is 0 Å². The topological polar surface area (TPSA) is 70.4 Å². The number of imidazole rings is 1. The van der Waals surface area contributed by atoms with Gasteiger partial charge in [-0.2, -0.15) is 0 Å². The van der Waals surface area contributed by atoms with Gasteiger partial charge in [-0.25, -0.2) is 0 Å². The third-order valence-corrected chi connectivity index (χ3v) is 3.71. The van der Waals surface area contributed by atoms with E-state index in [1.807, 2.05) is 0 Å². The predicted octanol–water partition coefficient (Wildman–Crippen LogP) is 2.33. The highest BCUT2D eigenvalue weighted by molar-refractivity contribution is 7.71. The SMILES string of the molecule is OCC(CO)OCn1c(=S)[nH]c2cc(Cl)c(Cl)cc21. The molecule has 0 aliphatic rings. The summed E-state index contributed by atoms with van der Waals surface area (Å²) in [7, 11) is 0. The van der Waals surface area contributed by atoms with Crippen molar-refractivity contribution < 1.29 is 14.9 Å². The summed E-state index contributed by atoms with van der Waals surface area (Å²) in [6.07, 6.45) is -0.644. The van der Waals surface area contributed by atoms with Crippen molar-refractivity contribution in [3.05, 3.63) is 26.9 Å². The molecule has 1 aromatic heterocycles. The van der Waals surface area contributed by atoms with Crippen molar-refractivity contribution in [3.8, 4) is 0 Å². The van der Waals surface area contributed by atoms with E-state index in [4.69, 9.17) is 50.4 Å². The van der Waals surface area contributed by atoms with E-state index in [-0.39, 0.29) is 19.9 Å². The zero-order valence-corrected chi connectivity index (χ0v) is 12.1. The Hall–Kier alpha value is -0.630. The smallest absolute Gasteiger partial charge is 0.180 e. The Morgan fingerprint density at radius 1 is 1.26 bits per heavy atom. The fourth-order valence-electron chi connectivity index (χ4n) is 1.62. The van der Waals surface area contributed by atoms with Gasteiger partial charge < -0.3 is 19.9 Å². The molecule has 0 fully saturated rings. The molecule has 0 aliphatic heterocycles. The second kappa shape index (κ2) is 6.21. The average Bonchev–Trinajstić information content (AvgIpc) is 2.67. The lowest BCUT2D eigenvalue weighted by Crippen LogP contribution is -2.23. The monoisotopic (exact) mass is 322 g/mol. The molecule has 1 aromatic carbocycles. The zero-order chi connectivity index (χ0) is 14.0. The minimum Gasteiger partial charge on any atom is -0.394 e. The summed E-state index contributed by atoms with van der Waals surface area (Å²) in [5, 5.41) is 18.7. The molecule has 5 nitrogen and oxygen atoms in total. The maximum absolute atomic E-state index is 8.95. The van der Waals surface area contributed by atoms with Crippen LogP contribution in [0.3, 0.4) is 0 Å². The Bertz CT molecular complexity index is 637. The van der Waals surface area contributed by atoms with Gasteiger partial charge >= 0.3 is 0 Å². The Morgan fingerprint density at radius 2 is 1.89 bits per heavy atom. The average molecular weight is 323 g/mol. The molecule has 0 amide bonds. The second-order valence-corrected chi connectivity index (χ2v) is 5.13. The van der Waals surface area contributed by atoms with Gasteiger partial charge in [0.05, 0.1) is 34.3 Å². The molecule has 2 aromatic rings. The van der Waals surface area contributed by atoms with Crippen LogP contribution in [0.25, 0.3) is 11.0 Å². The Morgan fingerprint density at radius 3 is 2.53 bits per heavy atom. The maximum Gasteiger partial charge on any atom is 0.180 e. The molecule has 0 spiro atoms. The lowest BCUT2D eigenvalue weighted by Gasteiger charge is -2.13. The van der Waals surface area contributed by atoms with Crippen LogP contribution in [0.15, 0.2) is 12.1 Å². The largest absolute Gasteiger partial charge is 0.394 e. The number of aliphatic hydroxyl groups is 2. The van der Waals surface area contributed by atoms with Gasteiger partial charge in [0.2, 0.25) is 0 Å². The fourth-order valence-corrected chi connectivity index (χ4v) is 2.21. The molecule has 2 rings (SSSR count). The lowest BCUT2D eigenvalue weighted by molar-refractivity contribution is -0.0490. The number of aliphatic hydroxyl groups excluding tert-OH is 2. The lowest BCUT2D eigenvalue weighted by atomic mass is 10.3. The summed E-state index contributed by atoms with van der Waals surface area (Å²) in [4.78, 5) is 2.98. The van der Waals surface area contributed by atoms with Crippen LogP contribution in [-0.2, 0) is 11.5 Å². The number of hydrogen-bond acceptors (Lipinski definition) is 4. The fraction of sp³-hybridized carbons (Fsp3) is 0.364. The molecule has 104 valence electrons. The number of benzene rings is 1. The Balaban J connectivity index is 2.35. The molecule has 0 saturated carbocycles. The van der Waals surface area contributed by atoms with E-state index in [0.29, 0.717) is 14.8 Å². The minimum absolute atomic E-state index is 0.0998. The van der Waals surface area contributed by atoms with Gasteiger partial charge in [-0.15, -0.1) is 0 Å². The van der Waals surface area contributed by atoms with Crippen LogP contribution < -0.4 is 0 Å². The number of H-pyrrole nitrogens is 1. The van der Waals surface area contributed by atoms with E-state index < -0.39 is 6.10 Å². The number of hydrogen-bond donors (Lipinski definition) is 3. The van der Waals surface area contributed by atoms with Crippen molar-refractivity contribution in [2.45, 2.75) is 12.8 Å². The molecule has 0 unspecified atom stereocenters. The van der Waals surface area contributed by atoms with E-state index in [1.54, 1.807) is 16.7 Å². The van der Waals surface area contributed by atoms with Gasteiger partial charge in [-0.05, 0) is 24.4 Å². The number of ether oxygens (including phenoxy) is 1. The first-order chi connectivity index (χ1) is 9.06. The molecular weight excluding hydrogens is 311 g/mol. The highest BCUT2D eigenvalue weighted by Crippen LogP contribution is 2.27. The van der Waals surface area contributed by atoms with Crippen molar-refractivity contribution in [1.82, 2.24) is 9.55 Å². The summed E-state index contributed by atoms with van der Waals surface area (Å²) in [5.74, 6) is 0. The number of fused-ring (bicyclic) bond motifs is 1. The molecule has 8 heteroatoms. The van der Waals surface area contributed by atoms with Gasteiger partial charge in [0.1, 0.15) is 12.8 Å². The van der Waals surface area contributed by atoms with Crippen LogP contribution in [0.5, 0.6) is 0 Å². The van der Waals surface area contributed by atoms with Gasteiger partial charge in [-0.1, -0.05) is 23.2 Å². The summed E-state index contributed by atoms with van der Waals surface area (Å²) >= 11 is 17.1. The number of halogens is 2. The van der Waals surface area contributed by atoms with E-state index in [0.717, 1.165) is 11.0 Å². The number of aromatic amines is 1. The molecule has 3 N–H and O–H groups in total. The van der Waals surface area contributed by atoms with Crippen LogP contribution in [0.1, 0.15) is 0 Å². The van der Waals surface area contributed by atoms with Crippen molar-refractivity contribution in [1.29, 1.82) is 0 Å². The first-order valence-corrected chi connectivity index (χ1v) is 6.64. The number of nitrogens with one attached hydrogen (secondary N) is 1. The first-order valence-electron chi connectivity index (χ1n) is 5.47. The Kier molecular flexibility index (Phi) is 4.83. The number of aromatic nitrogens is 2. The third kappa shape index (κ3) is 3.10. The third-order valence-electron chi connectivity index (χ3n) is 2.66. The first kappa shape index (κ1) is 14.8. The van der Waals surface area contributed by atoms with Crippen molar-refractivity contribution >= 4 is 46.5 Å². The minimum atomic E-state index is -0.644. The number of rotatable bonds is 5.